The first-order valence-electron chi connectivity index (χ1n) is 2.76. The van der Waals surface area contributed by atoms with Crippen LogP contribution in [0, 0.1) is 0 Å². The standard InChI is InChI=1S/3C2H4O2.Na.H2O/c3*1-2(3)4;;/h3*1H3,(H,3,4);;1H2/q;;;+1;/p-1. The van der Waals surface area contributed by atoms with E-state index in [1.165, 1.54) is 0 Å². The average molecular weight is 220 g/mol. The minimum atomic E-state index is -1.08. The van der Waals surface area contributed by atoms with Crippen molar-refractivity contribution in [2.45, 2.75) is 20.8 Å². The Morgan fingerprint density at radius 2 is 0.929 bits per heavy atom. The molecule has 0 aliphatic heterocycles. The third-order valence-electron chi connectivity index (χ3n) is 0. The molecule has 0 atom stereocenters. The summed E-state index contributed by atoms with van der Waals surface area (Å²) in [6.45, 7) is 3.14. The number of aliphatic carboxylic acids is 3. The molecule has 0 saturated carbocycles. The number of carboxylic acids is 3. The van der Waals surface area contributed by atoms with Gasteiger partial charge in [0.15, 0.2) is 0 Å². The zero-order chi connectivity index (χ0) is 10.7. The minimum absolute atomic E-state index is 0. The predicted octanol–water partition coefficient (Wildman–Crippen LogP) is -4.88. The molecule has 8 heteroatoms. The molecule has 0 aromatic carbocycles. The Morgan fingerprint density at radius 3 is 0.929 bits per heavy atom. The Hall–Kier alpha value is -0.630. The fraction of sp³-hybridized carbons (Fsp3) is 0.500. The van der Waals surface area contributed by atoms with E-state index >= 15 is 0 Å². The van der Waals surface area contributed by atoms with Crippen molar-refractivity contribution in [2.24, 2.45) is 0 Å². The van der Waals surface area contributed by atoms with Gasteiger partial charge in [0.25, 0.3) is 11.9 Å². The maximum Gasteiger partial charge on any atom is 1.00 e. The van der Waals surface area contributed by atoms with E-state index in [-0.39, 0.29) is 35.0 Å². The molecule has 0 bridgehead atoms. The van der Waals surface area contributed by atoms with Gasteiger partial charge in [-0.2, -0.15) is 0 Å². The Kier molecular flexibility index (Phi) is 47.6. The Bertz CT molecular complexity index is 116. The molecule has 14 heavy (non-hydrogen) atoms. The molecule has 0 spiro atoms. The predicted molar refractivity (Wildman–Crippen MR) is 40.9 cm³/mol. The zero-order valence-corrected chi connectivity index (χ0v) is 10.5. The minimum Gasteiger partial charge on any atom is -0.550 e. The zero-order valence-electron chi connectivity index (χ0n) is 8.53. The van der Waals surface area contributed by atoms with Crippen LogP contribution < -0.4 is 34.7 Å². The van der Waals surface area contributed by atoms with Gasteiger partial charge in [-0.1, -0.05) is 0 Å². The summed E-state index contributed by atoms with van der Waals surface area (Å²) in [6, 6.07) is 0. The van der Waals surface area contributed by atoms with Gasteiger partial charge in [0.2, 0.25) is 0 Å². The number of carboxylic acid groups (broad SMARTS) is 3. The van der Waals surface area contributed by atoms with E-state index in [2.05, 4.69) is 0 Å². The fourth-order valence-electron chi connectivity index (χ4n) is 0. The van der Waals surface area contributed by atoms with E-state index in [1.54, 1.807) is 0 Å². The molecule has 0 aliphatic carbocycles. The molecule has 7 nitrogen and oxygen atoms in total. The maximum atomic E-state index is 9.00. The van der Waals surface area contributed by atoms with Gasteiger partial charge in [0, 0.05) is 19.8 Å². The quantitative estimate of drug-likeness (QED) is 0.391. The average Bonchev–Trinajstić information content (AvgIpc) is 1.54. The second-order valence-electron chi connectivity index (χ2n) is 1.53. The summed E-state index contributed by atoms with van der Waals surface area (Å²) in [5.74, 6) is -2.75. The summed E-state index contributed by atoms with van der Waals surface area (Å²) in [4.78, 5) is 26.9. The second-order valence-corrected chi connectivity index (χ2v) is 1.53. The van der Waals surface area contributed by atoms with Crippen LogP contribution in [0.3, 0.4) is 0 Å². The van der Waals surface area contributed by atoms with Gasteiger partial charge in [0.05, 0.1) is 0 Å². The molecule has 0 fully saturated rings. The molecule has 0 aliphatic rings. The van der Waals surface area contributed by atoms with E-state index in [9.17, 15) is 0 Å². The maximum absolute atomic E-state index is 9.00. The van der Waals surface area contributed by atoms with Crippen molar-refractivity contribution < 1.29 is 64.7 Å². The van der Waals surface area contributed by atoms with Crippen molar-refractivity contribution in [1.82, 2.24) is 0 Å². The smallest absolute Gasteiger partial charge is 0.550 e. The van der Waals surface area contributed by atoms with Gasteiger partial charge in [0.1, 0.15) is 0 Å². The molecule has 0 radical (unpaired) electrons. The van der Waals surface area contributed by atoms with Crippen LogP contribution in [-0.2, 0) is 14.4 Å². The molecular formula is C6H13NaO7. The fourth-order valence-corrected chi connectivity index (χ4v) is 0. The number of hydrogen-bond donors (Lipinski definition) is 2. The van der Waals surface area contributed by atoms with Gasteiger partial charge in [-0.15, -0.1) is 0 Å². The largest absolute Gasteiger partial charge is 1.00 e. The molecule has 0 aromatic rings. The van der Waals surface area contributed by atoms with E-state index in [0.29, 0.717) is 0 Å². The van der Waals surface area contributed by atoms with E-state index in [1.807, 2.05) is 0 Å². The number of carbonyl (C=O) groups is 3. The summed E-state index contributed by atoms with van der Waals surface area (Å²) in [5.41, 5.74) is 0. The molecule has 4 N–H and O–H groups in total. The van der Waals surface area contributed by atoms with Crippen molar-refractivity contribution in [3.05, 3.63) is 0 Å². The monoisotopic (exact) mass is 220 g/mol. The second kappa shape index (κ2) is 22.8. The first-order chi connectivity index (χ1) is 5.20. The Labute approximate surface area is 103 Å². The van der Waals surface area contributed by atoms with Crippen LogP contribution in [-0.4, -0.2) is 33.6 Å². The van der Waals surface area contributed by atoms with Crippen molar-refractivity contribution in [3.63, 3.8) is 0 Å². The van der Waals surface area contributed by atoms with Gasteiger partial charge < -0.3 is 25.6 Å². The van der Waals surface area contributed by atoms with Gasteiger partial charge >= 0.3 is 29.6 Å². The summed E-state index contributed by atoms with van der Waals surface area (Å²) < 4.78 is 0. The molecular weight excluding hydrogens is 207 g/mol. The molecule has 0 unspecified atom stereocenters. The van der Waals surface area contributed by atoms with Crippen LogP contribution in [0.2, 0.25) is 0 Å². The first-order valence-corrected chi connectivity index (χ1v) is 2.76. The van der Waals surface area contributed by atoms with E-state index in [0.717, 1.165) is 20.8 Å². The normalized spacial score (nSPS) is 5.36. The summed E-state index contributed by atoms with van der Waals surface area (Å²) in [5, 5.41) is 23.7. The molecule has 0 heterocycles. The van der Waals surface area contributed by atoms with Crippen LogP contribution >= 0.6 is 0 Å². The summed E-state index contributed by atoms with van der Waals surface area (Å²) in [6.07, 6.45) is 0. The Morgan fingerprint density at radius 1 is 0.929 bits per heavy atom. The van der Waals surface area contributed by atoms with Crippen molar-refractivity contribution in [3.8, 4) is 0 Å². The van der Waals surface area contributed by atoms with E-state index in [4.69, 9.17) is 29.7 Å². The van der Waals surface area contributed by atoms with Crippen LogP contribution in [0.5, 0.6) is 0 Å². The number of rotatable bonds is 0. The number of hydrogen-bond acceptors (Lipinski definition) is 4. The van der Waals surface area contributed by atoms with Gasteiger partial charge in [-0.25, -0.2) is 0 Å². The van der Waals surface area contributed by atoms with Crippen LogP contribution in [0.4, 0.5) is 0 Å². The number of carbonyl (C=O) groups excluding carboxylic acids is 1. The molecule has 0 amide bonds. The summed E-state index contributed by atoms with van der Waals surface area (Å²) >= 11 is 0. The van der Waals surface area contributed by atoms with Crippen LogP contribution in [0.15, 0.2) is 0 Å². The third kappa shape index (κ3) is 3080. The van der Waals surface area contributed by atoms with Crippen molar-refractivity contribution >= 4 is 17.9 Å². The van der Waals surface area contributed by atoms with Crippen LogP contribution in [0.1, 0.15) is 20.8 Å². The van der Waals surface area contributed by atoms with Gasteiger partial charge in [-0.05, 0) is 6.92 Å². The van der Waals surface area contributed by atoms with Crippen molar-refractivity contribution in [2.75, 3.05) is 0 Å². The molecule has 0 aromatic heterocycles. The van der Waals surface area contributed by atoms with Gasteiger partial charge in [-0.3, -0.25) is 9.59 Å². The first kappa shape index (κ1) is 29.2. The van der Waals surface area contributed by atoms with Crippen molar-refractivity contribution in [1.29, 1.82) is 0 Å². The van der Waals surface area contributed by atoms with Crippen LogP contribution in [0.25, 0.3) is 0 Å². The van der Waals surface area contributed by atoms with E-state index < -0.39 is 17.9 Å². The Balaban J connectivity index is -0.0000000270. The SMILES string of the molecule is CC(=O)O.CC(=O)O.CC(=O)[O-].O.[Na+]. The third-order valence-corrected chi connectivity index (χ3v) is 0. The molecule has 0 rings (SSSR count). The molecule has 80 valence electrons. The summed E-state index contributed by atoms with van der Waals surface area (Å²) in [7, 11) is 0. The topological polar surface area (TPSA) is 146 Å². The molecule has 0 saturated heterocycles.